The largest absolute Gasteiger partial charge is 0.338 e. The van der Waals surface area contributed by atoms with Gasteiger partial charge in [0.05, 0.1) is 23.8 Å². The number of aromatic nitrogens is 1. The van der Waals surface area contributed by atoms with Crippen molar-refractivity contribution in [1.82, 2.24) is 10.1 Å². The zero-order valence-corrected chi connectivity index (χ0v) is 16.9. The van der Waals surface area contributed by atoms with Crippen molar-refractivity contribution < 1.29 is 14.1 Å². The van der Waals surface area contributed by atoms with Crippen LogP contribution >= 0.6 is 11.6 Å². The highest BCUT2D eigenvalue weighted by molar-refractivity contribution is 6.33. The highest BCUT2D eigenvalue weighted by Crippen LogP contribution is 2.22. The van der Waals surface area contributed by atoms with Crippen LogP contribution in [0, 0.1) is 6.92 Å². The number of amides is 2. The van der Waals surface area contributed by atoms with Crippen LogP contribution in [0.25, 0.3) is 11.3 Å². The highest BCUT2D eigenvalue weighted by Gasteiger charge is 2.14. The lowest BCUT2D eigenvalue weighted by Gasteiger charge is -2.15. The lowest BCUT2D eigenvalue weighted by molar-refractivity contribution is -0.119. The summed E-state index contributed by atoms with van der Waals surface area (Å²) >= 11 is 6.02. The van der Waals surface area contributed by atoms with Gasteiger partial charge in [-0.15, -0.1) is 0 Å². The molecule has 7 nitrogen and oxygen atoms in total. The van der Waals surface area contributed by atoms with Gasteiger partial charge in [0.15, 0.2) is 0 Å². The van der Waals surface area contributed by atoms with Crippen LogP contribution in [0.2, 0.25) is 5.02 Å². The Hall–Kier alpha value is -3.16. The van der Waals surface area contributed by atoms with Crippen LogP contribution in [0.15, 0.2) is 59.1 Å². The van der Waals surface area contributed by atoms with Gasteiger partial charge in [0.2, 0.25) is 17.7 Å². The van der Waals surface area contributed by atoms with E-state index in [1.54, 1.807) is 42.3 Å². The normalized spacial score (nSPS) is 10.8. The first kappa shape index (κ1) is 20.6. The number of hydrogen-bond acceptors (Lipinski definition) is 5. The lowest BCUT2D eigenvalue weighted by Crippen LogP contribution is -2.36. The molecule has 0 aliphatic heterocycles. The minimum absolute atomic E-state index is 0.0104. The van der Waals surface area contributed by atoms with Crippen molar-refractivity contribution in [2.45, 2.75) is 6.92 Å². The number of nitrogens with one attached hydrogen (secondary N) is 2. The Morgan fingerprint density at radius 2 is 1.69 bits per heavy atom. The number of hydrogen-bond donors (Lipinski definition) is 2. The first-order valence-electron chi connectivity index (χ1n) is 8.97. The summed E-state index contributed by atoms with van der Waals surface area (Å²) in [7, 11) is 1.67. The van der Waals surface area contributed by atoms with Gasteiger partial charge in [-0.2, -0.15) is 0 Å². The average Bonchev–Trinajstić information content (AvgIpc) is 3.12. The number of carbonyl (C=O) groups excluding carboxylic acids is 2. The van der Waals surface area contributed by atoms with E-state index in [2.05, 4.69) is 15.8 Å². The zero-order chi connectivity index (χ0) is 20.8. The summed E-state index contributed by atoms with van der Waals surface area (Å²) in [5, 5.41) is 9.79. The molecule has 0 aliphatic rings. The van der Waals surface area contributed by atoms with Crippen LogP contribution in [-0.2, 0) is 9.59 Å². The van der Waals surface area contributed by atoms with Crippen LogP contribution in [0.5, 0.6) is 0 Å². The fourth-order valence-corrected chi connectivity index (χ4v) is 2.85. The van der Waals surface area contributed by atoms with Gasteiger partial charge in [0, 0.05) is 11.6 Å². The van der Waals surface area contributed by atoms with E-state index in [4.69, 9.17) is 16.1 Å². The monoisotopic (exact) mass is 412 g/mol. The molecule has 3 rings (SSSR count). The maximum Gasteiger partial charge on any atom is 0.240 e. The molecule has 29 heavy (non-hydrogen) atoms. The molecule has 0 fully saturated rings. The number of benzene rings is 2. The highest BCUT2D eigenvalue weighted by atomic mass is 35.5. The van der Waals surface area contributed by atoms with E-state index < -0.39 is 0 Å². The molecule has 0 aliphatic carbocycles. The molecule has 2 N–H and O–H groups in total. The smallest absolute Gasteiger partial charge is 0.240 e. The van der Waals surface area contributed by atoms with Crippen molar-refractivity contribution in [2.75, 3.05) is 30.8 Å². The molecule has 0 saturated carbocycles. The zero-order valence-electron chi connectivity index (χ0n) is 16.1. The Labute approximate surface area is 173 Å². The molecule has 0 spiro atoms. The molecule has 8 heteroatoms. The molecular formula is C21H21ClN4O3. The van der Waals surface area contributed by atoms with Crippen molar-refractivity contribution >= 4 is 35.0 Å². The number of halogens is 1. The van der Waals surface area contributed by atoms with E-state index in [9.17, 15) is 9.59 Å². The average molecular weight is 413 g/mol. The molecule has 1 heterocycles. The molecule has 0 saturated heterocycles. The summed E-state index contributed by atoms with van der Waals surface area (Å²) in [5.41, 5.74) is 3.20. The summed E-state index contributed by atoms with van der Waals surface area (Å²) in [6.45, 7) is 2.05. The van der Waals surface area contributed by atoms with Crippen molar-refractivity contribution in [3.8, 4) is 11.3 Å². The third kappa shape index (κ3) is 5.91. The SMILES string of the molecule is Cc1ccc(-c2cc(NC(=O)CN(C)CC(=O)Nc3ccccc3Cl)on2)cc1. The summed E-state index contributed by atoms with van der Waals surface area (Å²) < 4.78 is 5.18. The molecule has 1 aromatic heterocycles. The van der Waals surface area contributed by atoms with E-state index in [1.807, 2.05) is 31.2 Å². The summed E-state index contributed by atoms with van der Waals surface area (Å²) in [6.07, 6.45) is 0. The van der Waals surface area contributed by atoms with Crippen molar-refractivity contribution in [1.29, 1.82) is 0 Å². The topological polar surface area (TPSA) is 87.5 Å². The second-order valence-corrected chi connectivity index (χ2v) is 7.10. The van der Waals surface area contributed by atoms with Gasteiger partial charge in [-0.3, -0.25) is 19.8 Å². The minimum Gasteiger partial charge on any atom is -0.338 e. The maximum absolute atomic E-state index is 12.2. The van der Waals surface area contributed by atoms with Crippen molar-refractivity contribution in [2.24, 2.45) is 0 Å². The molecule has 150 valence electrons. The molecule has 2 aromatic carbocycles. The predicted octanol–water partition coefficient (Wildman–Crippen LogP) is 3.81. The second kappa shape index (κ2) is 9.36. The molecule has 0 bridgehead atoms. The molecule has 0 unspecified atom stereocenters. The van der Waals surface area contributed by atoms with Crippen LogP contribution in [0.4, 0.5) is 11.6 Å². The first-order valence-corrected chi connectivity index (χ1v) is 9.35. The standard InChI is InChI=1S/C21H21ClN4O3/c1-14-7-9-15(10-8-14)18-11-21(29-25-18)24-20(28)13-26(2)12-19(27)23-17-6-4-3-5-16(17)22/h3-11H,12-13H2,1-2H3,(H,23,27)(H,24,28). The number of para-hydroxylation sites is 1. The Balaban J connectivity index is 1.49. The van der Waals surface area contributed by atoms with Gasteiger partial charge in [0.25, 0.3) is 0 Å². The second-order valence-electron chi connectivity index (χ2n) is 6.69. The van der Waals surface area contributed by atoms with E-state index in [-0.39, 0.29) is 30.8 Å². The number of carbonyl (C=O) groups is 2. The van der Waals surface area contributed by atoms with Gasteiger partial charge in [-0.25, -0.2) is 0 Å². The minimum atomic E-state index is -0.315. The van der Waals surface area contributed by atoms with Crippen molar-refractivity contribution in [3.05, 3.63) is 65.2 Å². The lowest BCUT2D eigenvalue weighted by atomic mass is 10.1. The maximum atomic E-state index is 12.2. The van der Waals surface area contributed by atoms with E-state index in [0.717, 1.165) is 11.1 Å². The number of anilines is 2. The summed E-state index contributed by atoms with van der Waals surface area (Å²) in [4.78, 5) is 25.9. The van der Waals surface area contributed by atoms with Gasteiger partial charge >= 0.3 is 0 Å². The van der Waals surface area contributed by atoms with Crippen molar-refractivity contribution in [3.63, 3.8) is 0 Å². The van der Waals surface area contributed by atoms with Crippen LogP contribution < -0.4 is 10.6 Å². The van der Waals surface area contributed by atoms with Gasteiger partial charge in [0.1, 0.15) is 5.69 Å². The molecular weight excluding hydrogens is 392 g/mol. The van der Waals surface area contributed by atoms with E-state index >= 15 is 0 Å². The first-order chi connectivity index (χ1) is 13.9. The Morgan fingerprint density at radius 1 is 1.03 bits per heavy atom. The molecule has 0 atom stereocenters. The summed E-state index contributed by atoms with van der Waals surface area (Å²) in [6, 6.07) is 16.4. The van der Waals surface area contributed by atoms with Crippen LogP contribution in [0.3, 0.4) is 0 Å². The van der Waals surface area contributed by atoms with Crippen LogP contribution in [-0.4, -0.2) is 42.0 Å². The Bertz CT molecular complexity index is 1000. The van der Waals surface area contributed by atoms with E-state index in [1.165, 1.54) is 0 Å². The Morgan fingerprint density at radius 3 is 2.38 bits per heavy atom. The van der Waals surface area contributed by atoms with Gasteiger partial charge < -0.3 is 9.84 Å². The Kier molecular flexibility index (Phi) is 6.64. The number of rotatable bonds is 7. The predicted molar refractivity (Wildman–Crippen MR) is 113 cm³/mol. The number of likely N-dealkylation sites (N-methyl/N-ethyl adjacent to an activating group) is 1. The third-order valence-corrected chi connectivity index (χ3v) is 4.42. The number of aryl methyl sites for hydroxylation is 1. The van der Waals surface area contributed by atoms with Crippen LogP contribution in [0.1, 0.15) is 5.56 Å². The van der Waals surface area contributed by atoms with E-state index in [0.29, 0.717) is 16.4 Å². The molecule has 2 amide bonds. The molecule has 0 radical (unpaired) electrons. The van der Waals surface area contributed by atoms with Gasteiger partial charge in [-0.05, 0) is 26.1 Å². The fraction of sp³-hybridized carbons (Fsp3) is 0.190. The number of nitrogens with zero attached hydrogens (tertiary/aromatic N) is 2. The van der Waals surface area contributed by atoms with Gasteiger partial charge in [-0.1, -0.05) is 58.7 Å². The quantitative estimate of drug-likeness (QED) is 0.616. The fourth-order valence-electron chi connectivity index (χ4n) is 2.67. The third-order valence-electron chi connectivity index (χ3n) is 4.10. The summed E-state index contributed by atoms with van der Waals surface area (Å²) in [5.74, 6) is -0.334. The molecule has 3 aromatic rings.